The Morgan fingerprint density at radius 2 is 1.88 bits per heavy atom. The second kappa shape index (κ2) is 7.85. The molecule has 3 atom stereocenters. The third-order valence-corrected chi connectivity index (χ3v) is 6.37. The van der Waals surface area contributed by atoms with Gasteiger partial charge in [-0.05, 0) is 48.1 Å². The summed E-state index contributed by atoms with van der Waals surface area (Å²) in [6.45, 7) is 0.670. The van der Waals surface area contributed by atoms with Crippen LogP contribution >= 0.6 is 11.8 Å². The Balaban J connectivity index is 1.49. The summed E-state index contributed by atoms with van der Waals surface area (Å²) in [6, 6.07) is 18.5. The normalized spacial score (nSPS) is 22.7. The second-order valence-electron chi connectivity index (χ2n) is 7.24. The molecule has 0 aliphatic heterocycles. The van der Waals surface area contributed by atoms with Crippen molar-refractivity contribution in [2.24, 2.45) is 5.92 Å². The van der Waals surface area contributed by atoms with Gasteiger partial charge in [-0.2, -0.15) is 11.8 Å². The Hall–Kier alpha value is -1.78. The van der Waals surface area contributed by atoms with Crippen LogP contribution in [-0.4, -0.2) is 24.8 Å². The molecule has 0 saturated heterocycles. The van der Waals surface area contributed by atoms with E-state index in [2.05, 4.69) is 35.8 Å². The molecule has 3 nitrogen and oxygen atoms in total. The number of fused-ring (bicyclic) bond motifs is 1. The molecule has 0 spiro atoms. The number of ether oxygens (including phenoxy) is 1. The standard InChI is InChI=1S/C22H25NO2S/c1-26-21-18-10-6-5-9-17(18)13-19(21)23-22(24)20(25-14-15-11-12-15)16-7-3-2-4-8-16/h2-10,15,19-21H,11-14H2,1H3,(H,23,24). The predicted molar refractivity (Wildman–Crippen MR) is 106 cm³/mol. The molecule has 2 aromatic carbocycles. The fourth-order valence-electron chi connectivity index (χ4n) is 3.70. The lowest BCUT2D eigenvalue weighted by atomic mass is 10.1. The predicted octanol–water partition coefficient (Wildman–Crippen LogP) is 4.30. The van der Waals surface area contributed by atoms with E-state index >= 15 is 0 Å². The Kier molecular flexibility index (Phi) is 5.32. The van der Waals surface area contributed by atoms with Gasteiger partial charge in [-0.25, -0.2) is 0 Å². The molecule has 2 aliphatic carbocycles. The number of carbonyl (C=O) groups is 1. The number of hydrogen-bond acceptors (Lipinski definition) is 3. The lowest BCUT2D eigenvalue weighted by Gasteiger charge is -2.24. The van der Waals surface area contributed by atoms with Crippen molar-refractivity contribution in [3.05, 3.63) is 71.3 Å². The molecule has 0 radical (unpaired) electrons. The highest BCUT2D eigenvalue weighted by Crippen LogP contribution is 2.40. The van der Waals surface area contributed by atoms with E-state index in [-0.39, 0.29) is 11.9 Å². The maximum atomic E-state index is 13.1. The van der Waals surface area contributed by atoms with E-state index in [9.17, 15) is 4.79 Å². The highest BCUT2D eigenvalue weighted by Gasteiger charge is 2.35. The minimum Gasteiger partial charge on any atom is -0.363 e. The highest BCUT2D eigenvalue weighted by atomic mass is 32.2. The van der Waals surface area contributed by atoms with Crippen molar-refractivity contribution in [3.8, 4) is 0 Å². The summed E-state index contributed by atoms with van der Waals surface area (Å²) >= 11 is 1.81. The average Bonchev–Trinajstić information content (AvgIpc) is 3.42. The molecule has 2 aliphatic rings. The third-order valence-electron chi connectivity index (χ3n) is 5.28. The first-order valence-electron chi connectivity index (χ1n) is 9.34. The lowest BCUT2D eigenvalue weighted by Crippen LogP contribution is -2.40. The first-order valence-corrected chi connectivity index (χ1v) is 10.6. The van der Waals surface area contributed by atoms with Gasteiger partial charge in [0.15, 0.2) is 6.10 Å². The maximum absolute atomic E-state index is 13.1. The summed E-state index contributed by atoms with van der Waals surface area (Å²) in [5.41, 5.74) is 3.62. The molecular formula is C22H25NO2S. The largest absolute Gasteiger partial charge is 0.363 e. The summed E-state index contributed by atoms with van der Waals surface area (Å²) < 4.78 is 6.05. The van der Waals surface area contributed by atoms with Crippen molar-refractivity contribution >= 4 is 17.7 Å². The van der Waals surface area contributed by atoms with Crippen LogP contribution in [0.25, 0.3) is 0 Å². The molecule has 26 heavy (non-hydrogen) atoms. The Morgan fingerprint density at radius 1 is 1.15 bits per heavy atom. The Morgan fingerprint density at radius 3 is 2.62 bits per heavy atom. The molecule has 4 rings (SSSR count). The van der Waals surface area contributed by atoms with Crippen LogP contribution < -0.4 is 5.32 Å². The molecule has 1 amide bonds. The summed E-state index contributed by atoms with van der Waals surface area (Å²) in [4.78, 5) is 13.1. The number of nitrogens with one attached hydrogen (secondary N) is 1. The summed E-state index contributed by atoms with van der Waals surface area (Å²) in [5.74, 6) is 0.609. The first kappa shape index (κ1) is 17.6. The van der Waals surface area contributed by atoms with Crippen molar-refractivity contribution in [2.75, 3.05) is 12.9 Å². The van der Waals surface area contributed by atoms with Crippen molar-refractivity contribution < 1.29 is 9.53 Å². The zero-order valence-electron chi connectivity index (χ0n) is 15.1. The van der Waals surface area contributed by atoms with Crippen LogP contribution in [0.15, 0.2) is 54.6 Å². The van der Waals surface area contributed by atoms with Crippen LogP contribution in [0.3, 0.4) is 0 Å². The van der Waals surface area contributed by atoms with Gasteiger partial charge in [0.25, 0.3) is 5.91 Å². The summed E-state index contributed by atoms with van der Waals surface area (Å²) in [5, 5.41) is 3.59. The van der Waals surface area contributed by atoms with Crippen LogP contribution in [0.2, 0.25) is 0 Å². The first-order chi connectivity index (χ1) is 12.8. The quantitative estimate of drug-likeness (QED) is 0.793. The number of rotatable bonds is 7. The van der Waals surface area contributed by atoms with E-state index in [4.69, 9.17) is 4.74 Å². The highest BCUT2D eigenvalue weighted by molar-refractivity contribution is 7.98. The molecule has 3 unspecified atom stereocenters. The lowest BCUT2D eigenvalue weighted by molar-refractivity contribution is -0.134. The molecule has 0 aromatic heterocycles. The molecule has 1 saturated carbocycles. The monoisotopic (exact) mass is 367 g/mol. The molecule has 0 heterocycles. The van der Waals surface area contributed by atoms with Gasteiger partial charge in [0, 0.05) is 6.04 Å². The van der Waals surface area contributed by atoms with Crippen molar-refractivity contribution in [1.29, 1.82) is 0 Å². The minimum atomic E-state index is -0.525. The zero-order valence-corrected chi connectivity index (χ0v) is 15.9. The van der Waals surface area contributed by atoms with Gasteiger partial charge in [-0.15, -0.1) is 0 Å². The van der Waals surface area contributed by atoms with Gasteiger partial charge < -0.3 is 10.1 Å². The minimum absolute atomic E-state index is 0.0197. The Bertz CT molecular complexity index is 760. The van der Waals surface area contributed by atoms with E-state index in [1.165, 1.54) is 24.0 Å². The summed E-state index contributed by atoms with van der Waals surface area (Å²) in [7, 11) is 0. The topological polar surface area (TPSA) is 38.3 Å². The van der Waals surface area contributed by atoms with Gasteiger partial charge in [0.1, 0.15) is 0 Å². The summed E-state index contributed by atoms with van der Waals surface area (Å²) in [6.07, 6.45) is 4.91. The molecule has 136 valence electrons. The second-order valence-corrected chi connectivity index (χ2v) is 8.22. The molecule has 1 N–H and O–H groups in total. The van der Waals surface area contributed by atoms with Gasteiger partial charge in [0.05, 0.1) is 11.9 Å². The number of benzene rings is 2. The van der Waals surface area contributed by atoms with E-state index < -0.39 is 6.10 Å². The van der Waals surface area contributed by atoms with Gasteiger partial charge >= 0.3 is 0 Å². The Labute approximate surface area is 159 Å². The number of thioether (sulfide) groups is 1. The molecule has 4 heteroatoms. The van der Waals surface area contributed by atoms with Crippen molar-refractivity contribution in [3.63, 3.8) is 0 Å². The van der Waals surface area contributed by atoms with E-state index in [1.807, 2.05) is 30.3 Å². The van der Waals surface area contributed by atoms with Crippen molar-refractivity contribution in [2.45, 2.75) is 36.7 Å². The average molecular weight is 368 g/mol. The third kappa shape index (κ3) is 3.81. The zero-order chi connectivity index (χ0) is 17.9. The maximum Gasteiger partial charge on any atom is 0.254 e. The molecule has 2 aromatic rings. The molecular weight excluding hydrogens is 342 g/mol. The van der Waals surface area contributed by atoms with Crippen molar-refractivity contribution in [1.82, 2.24) is 5.32 Å². The van der Waals surface area contributed by atoms with E-state index in [1.54, 1.807) is 11.8 Å². The van der Waals surface area contributed by atoms with Crippen LogP contribution in [0, 0.1) is 5.92 Å². The van der Waals surface area contributed by atoms with E-state index in [0.717, 1.165) is 12.0 Å². The van der Waals surface area contributed by atoms with Crippen LogP contribution in [-0.2, 0) is 16.0 Å². The van der Waals surface area contributed by atoms with Gasteiger partial charge in [-0.3, -0.25) is 4.79 Å². The molecule has 0 bridgehead atoms. The van der Waals surface area contributed by atoms with E-state index in [0.29, 0.717) is 17.8 Å². The molecule has 1 fully saturated rings. The van der Waals surface area contributed by atoms with Crippen LogP contribution in [0.1, 0.15) is 40.9 Å². The fourth-order valence-corrected chi connectivity index (χ4v) is 4.68. The smallest absolute Gasteiger partial charge is 0.254 e. The fraction of sp³-hybridized carbons (Fsp3) is 0.409. The number of carbonyl (C=O) groups excluding carboxylic acids is 1. The van der Waals surface area contributed by atoms with Crippen LogP contribution in [0.4, 0.5) is 0 Å². The number of amides is 1. The van der Waals surface area contributed by atoms with Crippen LogP contribution in [0.5, 0.6) is 0 Å². The number of hydrogen-bond donors (Lipinski definition) is 1. The SMILES string of the molecule is CSC1c2ccccc2CC1NC(=O)C(OCC1CC1)c1ccccc1. The van der Waals surface area contributed by atoms with Gasteiger partial charge in [-0.1, -0.05) is 54.6 Å². The van der Waals surface area contributed by atoms with Gasteiger partial charge in [0.2, 0.25) is 0 Å².